The second kappa shape index (κ2) is 5.67. The predicted octanol–water partition coefficient (Wildman–Crippen LogP) is 2.34. The lowest BCUT2D eigenvalue weighted by Crippen LogP contribution is -2.58. The fourth-order valence-electron chi connectivity index (χ4n) is 3.17. The van der Waals surface area contributed by atoms with E-state index in [4.69, 9.17) is 9.47 Å². The number of halogens is 1. The fraction of sp³-hybridized carbons (Fsp3) is 1.00. The van der Waals surface area contributed by atoms with Crippen molar-refractivity contribution in [3.63, 3.8) is 0 Å². The van der Waals surface area contributed by atoms with Crippen LogP contribution >= 0.6 is 12.4 Å². The van der Waals surface area contributed by atoms with Crippen LogP contribution < -0.4 is 5.32 Å². The van der Waals surface area contributed by atoms with Gasteiger partial charge in [-0.25, -0.2) is 0 Å². The fourth-order valence-corrected chi connectivity index (χ4v) is 3.17. The van der Waals surface area contributed by atoms with Crippen LogP contribution in [0, 0.1) is 5.41 Å². The van der Waals surface area contributed by atoms with E-state index in [-0.39, 0.29) is 18.2 Å². The average Bonchev–Trinajstić information content (AvgIpc) is 2.18. The Kier molecular flexibility index (Phi) is 5.05. The average molecular weight is 250 g/mol. The Morgan fingerprint density at radius 1 is 1.00 bits per heavy atom. The lowest BCUT2D eigenvalue weighted by Gasteiger charge is -2.56. The first-order chi connectivity index (χ1) is 7.24. The normalized spacial score (nSPS) is 25.9. The van der Waals surface area contributed by atoms with Crippen LogP contribution in [-0.2, 0) is 9.47 Å². The van der Waals surface area contributed by atoms with Crippen molar-refractivity contribution in [2.24, 2.45) is 5.41 Å². The maximum absolute atomic E-state index is 5.79. The van der Waals surface area contributed by atoms with Gasteiger partial charge in [0.1, 0.15) is 0 Å². The highest BCUT2D eigenvalue weighted by Gasteiger charge is 2.56. The minimum Gasteiger partial charge on any atom is -0.350 e. The molecule has 3 nitrogen and oxygen atoms in total. The summed E-state index contributed by atoms with van der Waals surface area (Å²) >= 11 is 0. The standard InChI is InChI=1S/C12H23NO2.ClH/c1-3-14-12(15-4-2)9-11(10-12)5-7-13-8-6-11;/h13H,3-10H2,1-2H3;1H. The predicted molar refractivity (Wildman–Crippen MR) is 67.0 cm³/mol. The van der Waals surface area contributed by atoms with E-state index >= 15 is 0 Å². The molecule has 1 N–H and O–H groups in total. The van der Waals surface area contributed by atoms with E-state index < -0.39 is 0 Å². The van der Waals surface area contributed by atoms with Gasteiger partial charge in [0.05, 0.1) is 0 Å². The molecule has 0 unspecified atom stereocenters. The zero-order chi connectivity index (χ0) is 10.8. The largest absolute Gasteiger partial charge is 0.350 e. The number of ether oxygens (including phenoxy) is 2. The molecule has 1 saturated carbocycles. The van der Waals surface area contributed by atoms with Crippen LogP contribution in [0.4, 0.5) is 0 Å². The Hall–Kier alpha value is 0.170. The quantitative estimate of drug-likeness (QED) is 0.776. The summed E-state index contributed by atoms with van der Waals surface area (Å²) in [6.45, 7) is 7.94. The summed E-state index contributed by atoms with van der Waals surface area (Å²) in [6, 6.07) is 0. The van der Waals surface area contributed by atoms with Crippen LogP contribution in [0.5, 0.6) is 0 Å². The molecule has 96 valence electrons. The summed E-state index contributed by atoms with van der Waals surface area (Å²) in [6.07, 6.45) is 4.77. The Bertz CT molecular complexity index is 201. The third kappa shape index (κ3) is 2.70. The molecule has 16 heavy (non-hydrogen) atoms. The van der Waals surface area contributed by atoms with Gasteiger partial charge in [0, 0.05) is 26.1 Å². The van der Waals surface area contributed by atoms with Gasteiger partial charge in [-0.2, -0.15) is 0 Å². The van der Waals surface area contributed by atoms with E-state index in [9.17, 15) is 0 Å². The molecule has 1 heterocycles. The lowest BCUT2D eigenvalue weighted by atomic mass is 9.59. The van der Waals surface area contributed by atoms with Crippen molar-refractivity contribution in [1.82, 2.24) is 5.32 Å². The molecular weight excluding hydrogens is 226 g/mol. The summed E-state index contributed by atoms with van der Waals surface area (Å²) in [5.41, 5.74) is 0.523. The molecule has 2 fully saturated rings. The van der Waals surface area contributed by atoms with Crippen molar-refractivity contribution in [2.45, 2.75) is 45.3 Å². The third-order valence-corrected chi connectivity index (χ3v) is 3.77. The van der Waals surface area contributed by atoms with Gasteiger partial charge >= 0.3 is 0 Å². The van der Waals surface area contributed by atoms with Crippen LogP contribution in [0.15, 0.2) is 0 Å². The zero-order valence-electron chi connectivity index (χ0n) is 10.4. The third-order valence-electron chi connectivity index (χ3n) is 3.77. The molecule has 2 rings (SSSR count). The van der Waals surface area contributed by atoms with Crippen molar-refractivity contribution < 1.29 is 9.47 Å². The summed E-state index contributed by atoms with van der Waals surface area (Å²) in [5.74, 6) is -0.235. The van der Waals surface area contributed by atoms with Gasteiger partial charge < -0.3 is 14.8 Å². The van der Waals surface area contributed by atoms with E-state index in [0.29, 0.717) is 5.41 Å². The van der Waals surface area contributed by atoms with Crippen molar-refractivity contribution in [2.75, 3.05) is 26.3 Å². The van der Waals surface area contributed by atoms with E-state index in [1.54, 1.807) is 0 Å². The highest BCUT2D eigenvalue weighted by atomic mass is 35.5. The van der Waals surface area contributed by atoms with E-state index in [1.165, 1.54) is 12.8 Å². The highest BCUT2D eigenvalue weighted by Crippen LogP contribution is 2.56. The highest BCUT2D eigenvalue weighted by molar-refractivity contribution is 5.85. The first-order valence-electron chi connectivity index (χ1n) is 6.23. The van der Waals surface area contributed by atoms with Crippen LogP contribution in [0.25, 0.3) is 0 Å². The number of hydrogen-bond acceptors (Lipinski definition) is 3. The molecule has 1 aliphatic heterocycles. The van der Waals surface area contributed by atoms with Gasteiger partial charge in [0.2, 0.25) is 0 Å². The lowest BCUT2D eigenvalue weighted by molar-refractivity contribution is -0.319. The maximum Gasteiger partial charge on any atom is 0.169 e. The van der Waals surface area contributed by atoms with E-state index in [0.717, 1.165) is 39.1 Å². The maximum atomic E-state index is 5.79. The van der Waals surface area contributed by atoms with E-state index in [2.05, 4.69) is 5.32 Å². The molecule has 1 aliphatic carbocycles. The SMILES string of the molecule is CCOC1(OCC)CC2(CCNCC2)C1.Cl. The molecule has 0 amide bonds. The summed E-state index contributed by atoms with van der Waals surface area (Å²) in [5, 5.41) is 3.42. The molecule has 1 spiro atoms. The van der Waals surface area contributed by atoms with Crippen molar-refractivity contribution >= 4 is 12.4 Å². The molecular formula is C12H24ClNO2. The second-order valence-corrected chi connectivity index (χ2v) is 4.88. The molecule has 1 saturated heterocycles. The summed E-state index contributed by atoms with van der Waals surface area (Å²) < 4.78 is 11.6. The molecule has 0 bridgehead atoms. The van der Waals surface area contributed by atoms with Gasteiger partial charge in [-0.15, -0.1) is 12.4 Å². The van der Waals surface area contributed by atoms with Crippen molar-refractivity contribution in [3.05, 3.63) is 0 Å². The van der Waals surface area contributed by atoms with Crippen molar-refractivity contribution in [3.8, 4) is 0 Å². The zero-order valence-corrected chi connectivity index (χ0v) is 11.2. The topological polar surface area (TPSA) is 30.5 Å². The van der Waals surface area contributed by atoms with E-state index in [1.807, 2.05) is 13.8 Å². The molecule has 0 aromatic carbocycles. The molecule has 0 radical (unpaired) electrons. The van der Waals surface area contributed by atoms with Gasteiger partial charge in [-0.05, 0) is 45.2 Å². The number of piperidine rings is 1. The Morgan fingerprint density at radius 3 is 1.94 bits per heavy atom. The molecule has 4 heteroatoms. The summed E-state index contributed by atoms with van der Waals surface area (Å²) in [4.78, 5) is 0. The minimum absolute atomic E-state index is 0. The first kappa shape index (κ1) is 14.2. The van der Waals surface area contributed by atoms with Gasteiger partial charge in [-0.3, -0.25) is 0 Å². The number of hydrogen-bond donors (Lipinski definition) is 1. The van der Waals surface area contributed by atoms with Gasteiger partial charge in [-0.1, -0.05) is 0 Å². The minimum atomic E-state index is -0.235. The molecule has 0 aromatic heterocycles. The smallest absolute Gasteiger partial charge is 0.169 e. The Balaban J connectivity index is 0.00000128. The van der Waals surface area contributed by atoms with Gasteiger partial charge in [0.25, 0.3) is 0 Å². The van der Waals surface area contributed by atoms with Crippen LogP contribution in [0.1, 0.15) is 39.5 Å². The van der Waals surface area contributed by atoms with Crippen LogP contribution in [-0.4, -0.2) is 32.1 Å². The number of rotatable bonds is 4. The van der Waals surface area contributed by atoms with Crippen molar-refractivity contribution in [1.29, 1.82) is 0 Å². The first-order valence-corrected chi connectivity index (χ1v) is 6.23. The molecule has 0 atom stereocenters. The Labute approximate surface area is 105 Å². The monoisotopic (exact) mass is 249 g/mol. The summed E-state index contributed by atoms with van der Waals surface area (Å²) in [7, 11) is 0. The van der Waals surface area contributed by atoms with Crippen LogP contribution in [0.3, 0.4) is 0 Å². The second-order valence-electron chi connectivity index (χ2n) is 4.88. The molecule has 2 aliphatic rings. The van der Waals surface area contributed by atoms with Gasteiger partial charge in [0.15, 0.2) is 5.79 Å². The number of nitrogens with one attached hydrogen (secondary N) is 1. The van der Waals surface area contributed by atoms with Crippen LogP contribution in [0.2, 0.25) is 0 Å². The molecule has 0 aromatic rings. The Morgan fingerprint density at radius 2 is 1.50 bits per heavy atom.